The molecule has 3 rings (SSSR count). The molecule has 0 saturated carbocycles. The predicted octanol–water partition coefficient (Wildman–Crippen LogP) is 3.40. The number of nitrogens with two attached hydrogens (primary N) is 3. The van der Waals surface area contributed by atoms with Crippen LogP contribution in [0.1, 0.15) is 16.7 Å². The van der Waals surface area contributed by atoms with Crippen molar-refractivity contribution >= 4 is 82.2 Å². The fourth-order valence-electron chi connectivity index (χ4n) is 2.79. The van der Waals surface area contributed by atoms with E-state index < -0.39 is 45.0 Å². The van der Waals surface area contributed by atoms with Gasteiger partial charge in [0.15, 0.2) is 0 Å². The van der Waals surface area contributed by atoms with Gasteiger partial charge in [0.2, 0.25) is 0 Å². The SMILES string of the molecule is Cc1cc(Cl)cc(S(=O)(=O)[O-])c1N.Cc1cc(Cl)cc(S(=O)(=O)[O-])c1N.Cc1cc(Cl)cc(S(=O)(=O)[O-])c1N.[Ni+3]. The number of anilines is 3. The maximum atomic E-state index is 10.7. The number of hydrogen-bond acceptors (Lipinski definition) is 12. The molecule has 1 radical (unpaired) electrons. The Hall–Kier alpha value is -1.85. The van der Waals surface area contributed by atoms with Gasteiger partial charge in [0.05, 0.1) is 31.7 Å². The number of benzene rings is 3. The maximum absolute atomic E-state index is 10.7. The fraction of sp³-hybridized carbons (Fsp3) is 0.143. The van der Waals surface area contributed by atoms with Gasteiger partial charge in [0.25, 0.3) is 0 Å². The molecule has 0 saturated heterocycles. The van der Waals surface area contributed by atoms with Crippen molar-refractivity contribution in [3.8, 4) is 0 Å². The van der Waals surface area contributed by atoms with E-state index >= 15 is 0 Å². The Balaban J connectivity index is 0.000000563. The van der Waals surface area contributed by atoms with Crippen molar-refractivity contribution in [2.45, 2.75) is 35.5 Å². The molecule has 0 amide bonds. The third-order valence-corrected chi connectivity index (χ3v) is 8.03. The van der Waals surface area contributed by atoms with Crippen LogP contribution in [0.2, 0.25) is 15.1 Å². The predicted molar refractivity (Wildman–Crippen MR) is 146 cm³/mol. The van der Waals surface area contributed by atoms with Gasteiger partial charge < -0.3 is 30.9 Å². The quantitative estimate of drug-likeness (QED) is 0.200. The summed E-state index contributed by atoms with van der Waals surface area (Å²) >= 11 is 16.7. The standard InChI is InChI=1S/3C7H8ClNO3S.Ni/c3*1-4-2-5(8)3-6(7(4)9)13(10,11)12;/h3*2-3H,9H2,1H3,(H,10,11,12);/q;;;+3/p-3. The summed E-state index contributed by atoms with van der Waals surface area (Å²) in [5, 5.41) is 0.545. The first-order valence-corrected chi connectivity index (χ1v) is 15.4. The molecule has 3 aromatic carbocycles. The zero-order chi connectivity index (χ0) is 30.7. The van der Waals surface area contributed by atoms with Crippen LogP contribution in [0.4, 0.5) is 17.1 Å². The van der Waals surface area contributed by atoms with Crippen molar-refractivity contribution in [2.75, 3.05) is 17.2 Å². The van der Waals surface area contributed by atoms with Gasteiger partial charge in [-0.1, -0.05) is 34.8 Å². The first-order valence-electron chi connectivity index (χ1n) is 10.0. The van der Waals surface area contributed by atoms with Crippen LogP contribution in [0.3, 0.4) is 0 Å². The molecule has 6 N–H and O–H groups in total. The van der Waals surface area contributed by atoms with Gasteiger partial charge in [-0.15, -0.1) is 0 Å². The summed E-state index contributed by atoms with van der Waals surface area (Å²) in [6, 6.07) is 7.62. The molecule has 19 heteroatoms. The Labute approximate surface area is 257 Å². The van der Waals surface area contributed by atoms with Crippen molar-refractivity contribution in [3.05, 3.63) is 68.2 Å². The number of halogens is 3. The summed E-state index contributed by atoms with van der Waals surface area (Å²) in [7, 11) is -13.6. The van der Waals surface area contributed by atoms with E-state index in [1.165, 1.54) is 18.2 Å². The zero-order valence-corrected chi connectivity index (χ0v) is 26.3. The van der Waals surface area contributed by atoms with E-state index in [-0.39, 0.29) is 48.6 Å². The molecule has 0 aliphatic rings. The number of rotatable bonds is 3. The molecule has 0 atom stereocenters. The van der Waals surface area contributed by atoms with Crippen molar-refractivity contribution in [1.82, 2.24) is 0 Å². The average Bonchev–Trinajstić information content (AvgIpc) is 2.74. The summed E-state index contributed by atoms with van der Waals surface area (Å²) in [4.78, 5) is -1.38. The molecule has 0 spiro atoms. The van der Waals surface area contributed by atoms with Crippen LogP contribution in [0, 0.1) is 20.8 Å². The van der Waals surface area contributed by atoms with Crippen molar-refractivity contribution in [1.29, 1.82) is 0 Å². The second-order valence-electron chi connectivity index (χ2n) is 7.77. The molecule has 3 aromatic rings. The minimum absolute atomic E-state index is 0. The summed E-state index contributed by atoms with van der Waals surface area (Å²) in [5.74, 6) is 0. The van der Waals surface area contributed by atoms with Crippen LogP contribution in [0.25, 0.3) is 0 Å². The Bertz CT molecular complexity index is 1530. The second-order valence-corrected chi connectivity index (χ2v) is 13.1. The van der Waals surface area contributed by atoms with Gasteiger partial charge in [-0.25, -0.2) is 25.3 Å². The fourth-order valence-corrected chi connectivity index (χ4v) is 5.91. The normalized spacial score (nSPS) is 11.3. The van der Waals surface area contributed by atoms with Crippen LogP contribution in [-0.2, 0) is 46.8 Å². The third kappa shape index (κ3) is 10.9. The topological polar surface area (TPSA) is 250 Å². The Morgan fingerprint density at radius 2 is 0.675 bits per heavy atom. The second kappa shape index (κ2) is 14.4. The van der Waals surface area contributed by atoms with Gasteiger partial charge in [-0.2, -0.15) is 0 Å². The molecule has 40 heavy (non-hydrogen) atoms. The maximum Gasteiger partial charge on any atom is 3.00 e. The third-order valence-electron chi connectivity index (χ3n) is 4.75. The van der Waals surface area contributed by atoms with Crippen molar-refractivity contribution in [2.24, 2.45) is 0 Å². The smallest absolute Gasteiger partial charge is 0.744 e. The van der Waals surface area contributed by atoms with Crippen LogP contribution < -0.4 is 17.2 Å². The van der Waals surface area contributed by atoms with Gasteiger partial charge >= 0.3 is 16.5 Å². The zero-order valence-electron chi connectivity index (χ0n) is 20.5. The molecule has 0 fully saturated rings. The molecule has 12 nitrogen and oxygen atoms in total. The van der Waals surface area contributed by atoms with E-state index in [4.69, 9.17) is 52.0 Å². The van der Waals surface area contributed by atoms with Crippen molar-refractivity contribution < 1.29 is 55.4 Å². The Kier molecular flexibility index (Phi) is 13.7. The van der Waals surface area contributed by atoms with E-state index in [2.05, 4.69) is 0 Å². The van der Waals surface area contributed by atoms with Gasteiger partial charge in [-0.3, -0.25) is 0 Å². The Morgan fingerprint density at radius 3 is 0.825 bits per heavy atom. The largest absolute Gasteiger partial charge is 3.00 e. The molecule has 0 bridgehead atoms. The summed E-state index contributed by atoms with van der Waals surface area (Å²) in [6.07, 6.45) is 0. The summed E-state index contributed by atoms with van der Waals surface area (Å²) < 4.78 is 96.0. The van der Waals surface area contributed by atoms with Crippen LogP contribution in [0.5, 0.6) is 0 Å². The van der Waals surface area contributed by atoms with Crippen LogP contribution in [0.15, 0.2) is 51.1 Å². The van der Waals surface area contributed by atoms with E-state index in [1.54, 1.807) is 20.8 Å². The number of aryl methyl sites for hydroxylation is 3. The van der Waals surface area contributed by atoms with Gasteiger partial charge in [0, 0.05) is 15.1 Å². The van der Waals surface area contributed by atoms with E-state index in [1.807, 2.05) is 0 Å². The molecule has 0 unspecified atom stereocenters. The monoisotopic (exact) mass is 718 g/mol. The minimum atomic E-state index is -4.54. The van der Waals surface area contributed by atoms with E-state index in [0.29, 0.717) is 16.7 Å². The summed E-state index contributed by atoms with van der Waals surface area (Å²) in [5.41, 5.74) is 17.5. The van der Waals surface area contributed by atoms with E-state index in [9.17, 15) is 38.9 Å². The molecule has 0 aliphatic heterocycles. The van der Waals surface area contributed by atoms with Gasteiger partial charge in [-0.05, 0) is 73.9 Å². The Morgan fingerprint density at radius 1 is 0.500 bits per heavy atom. The van der Waals surface area contributed by atoms with Crippen LogP contribution in [-0.4, -0.2) is 38.9 Å². The average molecular weight is 721 g/mol. The van der Waals surface area contributed by atoms with Gasteiger partial charge in [0.1, 0.15) is 30.4 Å². The number of hydrogen-bond donors (Lipinski definition) is 3. The minimum Gasteiger partial charge on any atom is -0.744 e. The summed E-state index contributed by atoms with van der Waals surface area (Å²) in [6.45, 7) is 4.74. The molecule has 0 heterocycles. The van der Waals surface area contributed by atoms with Crippen molar-refractivity contribution in [3.63, 3.8) is 0 Å². The first-order chi connectivity index (χ1) is 17.5. The molecular formula is C21H21Cl3N3NiO9S3. The molecule has 0 aromatic heterocycles. The molecule has 0 aliphatic carbocycles. The first kappa shape index (κ1) is 38.2. The van der Waals surface area contributed by atoms with E-state index in [0.717, 1.165) is 18.2 Å². The molecular weight excluding hydrogens is 699 g/mol. The molecule has 223 valence electrons. The number of nitrogen functional groups attached to an aromatic ring is 3. The van der Waals surface area contributed by atoms with Crippen LogP contribution >= 0.6 is 34.8 Å².